The topological polar surface area (TPSA) is 9.23 Å². The number of hydrogen-bond donors (Lipinski definition) is 0. The highest BCUT2D eigenvalue weighted by Gasteiger charge is 2.40. The molecule has 1 atom stereocenters. The standard InChI is InChI=1S/C45H49BOS/c1-28-13-20-38-34(23-28)31(17-14-29-15-19-36-37(24-29)45(7,8)22-21-44(36,5)6)32-18-16-30(43(2,3)4)25-39(32)46(38)42-26-41-35(27-47-42)33-11-9-10-12-40(33)48-41/h9-13,15-16,18-20,23-26,31H,14,17,21-22,27H2,1-8H3. The molecule has 1 nitrogen and oxygen atoms in total. The second-order valence-corrected chi connectivity index (χ2v) is 18.3. The van der Waals surface area contributed by atoms with E-state index in [0.717, 1.165) is 18.5 Å². The van der Waals surface area contributed by atoms with E-state index in [1.165, 1.54) is 72.1 Å². The van der Waals surface area contributed by atoms with Gasteiger partial charge in [0.1, 0.15) is 6.61 Å². The highest BCUT2D eigenvalue weighted by Crippen LogP contribution is 2.46. The monoisotopic (exact) mass is 648 g/mol. The van der Waals surface area contributed by atoms with Gasteiger partial charge < -0.3 is 4.74 Å². The number of fused-ring (bicyclic) bond motifs is 6. The second-order valence-electron chi connectivity index (χ2n) is 17.2. The molecular formula is C45H49BOS. The molecule has 2 aliphatic heterocycles. The first kappa shape index (κ1) is 31.7. The average Bonchev–Trinajstić information content (AvgIpc) is 3.42. The number of ether oxygens (including phenoxy) is 1. The molecule has 0 radical (unpaired) electrons. The lowest BCUT2D eigenvalue weighted by Crippen LogP contribution is -2.53. The van der Waals surface area contributed by atoms with Crippen molar-refractivity contribution in [3.8, 4) is 0 Å². The van der Waals surface area contributed by atoms with Gasteiger partial charge >= 0.3 is 0 Å². The van der Waals surface area contributed by atoms with Gasteiger partial charge in [-0.3, -0.25) is 0 Å². The second kappa shape index (κ2) is 11.2. The van der Waals surface area contributed by atoms with Gasteiger partial charge in [-0.15, -0.1) is 11.3 Å². The van der Waals surface area contributed by atoms with Gasteiger partial charge in [0.15, 0.2) is 0 Å². The third kappa shape index (κ3) is 5.29. The molecule has 244 valence electrons. The SMILES string of the molecule is Cc1ccc2c(c1)C(CCc1ccc3c(c1)C(C)(C)CCC3(C)C)c1ccc(C(C)(C)C)cc1B2C1=Cc2sc3ccccc3c2CO1. The Kier molecular flexibility index (Phi) is 7.42. The smallest absolute Gasteiger partial charge is 0.287 e. The van der Waals surface area contributed by atoms with Crippen molar-refractivity contribution in [3.63, 3.8) is 0 Å². The molecule has 3 heteroatoms. The van der Waals surface area contributed by atoms with Crippen molar-refractivity contribution >= 4 is 45.1 Å². The van der Waals surface area contributed by atoms with E-state index >= 15 is 0 Å². The van der Waals surface area contributed by atoms with E-state index < -0.39 is 0 Å². The largest absolute Gasteiger partial charge is 0.502 e. The summed E-state index contributed by atoms with van der Waals surface area (Å²) in [6.07, 6.45) is 7.02. The molecule has 0 saturated carbocycles. The maximum atomic E-state index is 6.80. The number of benzene rings is 4. The van der Waals surface area contributed by atoms with Crippen LogP contribution in [0.4, 0.5) is 0 Å². The summed E-state index contributed by atoms with van der Waals surface area (Å²) in [6.45, 7) is 19.7. The van der Waals surface area contributed by atoms with Crippen LogP contribution in [0, 0.1) is 6.92 Å². The molecule has 0 spiro atoms. The summed E-state index contributed by atoms with van der Waals surface area (Å²) in [5.41, 5.74) is 16.0. The van der Waals surface area contributed by atoms with E-state index in [-0.39, 0.29) is 23.0 Å². The fraction of sp³-hybridized carbons (Fsp3) is 0.378. The molecular weight excluding hydrogens is 599 g/mol. The Labute approximate surface area is 292 Å². The molecule has 4 aromatic carbocycles. The number of aryl methyl sites for hydroxylation is 2. The van der Waals surface area contributed by atoms with Crippen LogP contribution in [0.1, 0.15) is 123 Å². The van der Waals surface area contributed by atoms with Gasteiger partial charge in [-0.1, -0.05) is 138 Å². The Balaban J connectivity index is 1.23. The number of rotatable bonds is 4. The fourth-order valence-electron chi connectivity index (χ4n) is 8.80. The summed E-state index contributed by atoms with van der Waals surface area (Å²) >= 11 is 1.90. The van der Waals surface area contributed by atoms with E-state index in [9.17, 15) is 0 Å². The van der Waals surface area contributed by atoms with E-state index in [2.05, 4.69) is 140 Å². The summed E-state index contributed by atoms with van der Waals surface area (Å²) in [6, 6.07) is 30.8. The lowest BCUT2D eigenvalue weighted by atomic mass is 9.34. The Bertz CT molecular complexity index is 2100. The lowest BCUT2D eigenvalue weighted by Gasteiger charge is -2.42. The van der Waals surface area contributed by atoms with Crippen LogP contribution >= 0.6 is 11.3 Å². The van der Waals surface area contributed by atoms with E-state index in [4.69, 9.17) is 4.74 Å². The molecule has 0 N–H and O–H groups in total. The molecule has 5 aromatic rings. The summed E-state index contributed by atoms with van der Waals surface area (Å²) in [5.74, 6) is 0.338. The molecule has 0 fully saturated rings. The third-order valence-corrected chi connectivity index (χ3v) is 13.0. The molecule has 1 aromatic heterocycles. The first-order valence-electron chi connectivity index (χ1n) is 18.0. The van der Waals surface area contributed by atoms with Gasteiger partial charge in [-0.05, 0) is 99.8 Å². The molecule has 3 aliphatic rings. The van der Waals surface area contributed by atoms with Crippen LogP contribution in [-0.2, 0) is 34.0 Å². The Morgan fingerprint density at radius 2 is 1.58 bits per heavy atom. The number of hydrogen-bond acceptors (Lipinski definition) is 2. The zero-order valence-corrected chi connectivity index (χ0v) is 30.9. The van der Waals surface area contributed by atoms with Crippen molar-refractivity contribution in [1.82, 2.24) is 0 Å². The zero-order valence-electron chi connectivity index (χ0n) is 30.1. The summed E-state index contributed by atoms with van der Waals surface area (Å²) in [7, 11) is 0. The highest BCUT2D eigenvalue weighted by molar-refractivity contribution is 7.20. The van der Waals surface area contributed by atoms with Gasteiger partial charge in [0.25, 0.3) is 6.71 Å². The van der Waals surface area contributed by atoms with Gasteiger partial charge in [0.2, 0.25) is 0 Å². The minimum Gasteiger partial charge on any atom is -0.502 e. The molecule has 48 heavy (non-hydrogen) atoms. The van der Waals surface area contributed by atoms with Gasteiger partial charge in [0.05, 0.1) is 5.66 Å². The first-order valence-corrected chi connectivity index (χ1v) is 18.9. The summed E-state index contributed by atoms with van der Waals surface area (Å²) in [5, 5.41) is 1.33. The minimum absolute atomic E-state index is 0.0623. The predicted octanol–water partition coefficient (Wildman–Crippen LogP) is 10.7. The summed E-state index contributed by atoms with van der Waals surface area (Å²) in [4.78, 5) is 1.35. The van der Waals surface area contributed by atoms with Crippen LogP contribution < -0.4 is 10.9 Å². The molecule has 0 saturated heterocycles. The highest BCUT2D eigenvalue weighted by atomic mass is 32.1. The molecule has 1 aliphatic carbocycles. The fourth-order valence-corrected chi connectivity index (χ4v) is 9.95. The zero-order chi connectivity index (χ0) is 33.6. The van der Waals surface area contributed by atoms with Crippen molar-refractivity contribution in [3.05, 3.63) is 134 Å². The third-order valence-electron chi connectivity index (χ3n) is 11.9. The molecule has 8 rings (SSSR count). The quantitative estimate of drug-likeness (QED) is 0.176. The van der Waals surface area contributed by atoms with Crippen molar-refractivity contribution in [1.29, 1.82) is 0 Å². The maximum Gasteiger partial charge on any atom is 0.287 e. The van der Waals surface area contributed by atoms with Crippen LogP contribution in [0.5, 0.6) is 0 Å². The first-order chi connectivity index (χ1) is 22.8. The van der Waals surface area contributed by atoms with Gasteiger partial charge in [0, 0.05) is 21.1 Å². The molecule has 1 unspecified atom stereocenters. The van der Waals surface area contributed by atoms with E-state index in [1.807, 2.05) is 11.3 Å². The Hall–Kier alpha value is -3.56. The van der Waals surface area contributed by atoms with Crippen molar-refractivity contribution in [2.24, 2.45) is 0 Å². The predicted molar refractivity (Wildman–Crippen MR) is 208 cm³/mol. The Morgan fingerprint density at radius 3 is 2.38 bits per heavy atom. The number of thiophene rings is 1. The van der Waals surface area contributed by atoms with Crippen molar-refractivity contribution in [2.45, 2.75) is 110 Å². The molecule has 3 heterocycles. The maximum absolute atomic E-state index is 6.80. The van der Waals surface area contributed by atoms with Crippen molar-refractivity contribution < 1.29 is 4.74 Å². The average molecular weight is 649 g/mol. The van der Waals surface area contributed by atoms with Crippen molar-refractivity contribution in [2.75, 3.05) is 0 Å². The van der Waals surface area contributed by atoms with Crippen LogP contribution in [0.2, 0.25) is 0 Å². The van der Waals surface area contributed by atoms with Gasteiger partial charge in [-0.25, -0.2) is 0 Å². The van der Waals surface area contributed by atoms with Crippen LogP contribution in [0.25, 0.3) is 16.2 Å². The van der Waals surface area contributed by atoms with E-state index in [0.29, 0.717) is 12.5 Å². The lowest BCUT2D eigenvalue weighted by molar-refractivity contribution is 0.221. The van der Waals surface area contributed by atoms with Crippen LogP contribution in [0.15, 0.2) is 84.5 Å². The summed E-state index contributed by atoms with van der Waals surface area (Å²) < 4.78 is 8.14. The van der Waals surface area contributed by atoms with Gasteiger partial charge in [-0.2, -0.15) is 0 Å². The molecule has 0 amide bonds. The Morgan fingerprint density at radius 1 is 0.812 bits per heavy atom. The minimum atomic E-state index is 0.0623. The van der Waals surface area contributed by atoms with Crippen LogP contribution in [-0.4, -0.2) is 6.71 Å². The normalized spacial score (nSPS) is 19.1. The molecule has 0 bridgehead atoms. The van der Waals surface area contributed by atoms with Crippen LogP contribution in [0.3, 0.4) is 0 Å². The van der Waals surface area contributed by atoms with E-state index in [1.54, 1.807) is 11.1 Å².